The Morgan fingerprint density at radius 1 is 0.879 bits per heavy atom. The van der Waals surface area contributed by atoms with Gasteiger partial charge in [0.2, 0.25) is 11.9 Å². The van der Waals surface area contributed by atoms with Gasteiger partial charge < -0.3 is 10.1 Å². The number of carbonyl (C=O) groups excluding carboxylic acids is 1. The maximum Gasteiger partial charge on any atom is 0.246 e. The fourth-order valence-corrected chi connectivity index (χ4v) is 3.33. The van der Waals surface area contributed by atoms with E-state index >= 15 is 0 Å². The van der Waals surface area contributed by atoms with Crippen LogP contribution in [0.4, 0.5) is 11.6 Å². The van der Waals surface area contributed by atoms with Crippen LogP contribution in [0, 0.1) is 6.92 Å². The van der Waals surface area contributed by atoms with Crippen molar-refractivity contribution >= 4 is 29.1 Å². The van der Waals surface area contributed by atoms with E-state index in [1.807, 2.05) is 85.8 Å². The summed E-state index contributed by atoms with van der Waals surface area (Å²) in [6.07, 6.45) is 0. The van der Waals surface area contributed by atoms with Gasteiger partial charge in [-0.2, -0.15) is 0 Å². The first-order valence-corrected chi connectivity index (χ1v) is 10.8. The number of amides is 1. The van der Waals surface area contributed by atoms with Gasteiger partial charge in [-0.05, 0) is 49.4 Å². The van der Waals surface area contributed by atoms with Crippen LogP contribution in [0.5, 0.6) is 5.75 Å². The molecule has 0 saturated carbocycles. The van der Waals surface area contributed by atoms with Crippen molar-refractivity contribution in [2.75, 3.05) is 24.3 Å². The lowest BCUT2D eigenvalue weighted by Gasteiger charge is -2.11. The van der Waals surface area contributed by atoms with E-state index in [0.29, 0.717) is 16.4 Å². The first kappa shape index (κ1) is 22.3. The summed E-state index contributed by atoms with van der Waals surface area (Å²) in [7, 11) is 1.61. The minimum Gasteiger partial charge on any atom is -0.497 e. The third-order valence-corrected chi connectivity index (χ3v) is 5.26. The second kappa shape index (κ2) is 10.1. The number of halogens is 1. The molecule has 1 heterocycles. The highest BCUT2D eigenvalue weighted by atomic mass is 35.5. The molecule has 0 unspecified atom stereocenters. The number of aromatic nitrogens is 2. The Hall–Kier alpha value is -3.90. The predicted molar refractivity (Wildman–Crippen MR) is 133 cm³/mol. The summed E-state index contributed by atoms with van der Waals surface area (Å²) in [6, 6.07) is 24.7. The molecule has 4 rings (SSSR count). The first-order chi connectivity index (χ1) is 16.0. The topological polar surface area (TPSA) is 76.1 Å². The third kappa shape index (κ3) is 5.87. The van der Waals surface area contributed by atoms with Crippen molar-refractivity contribution in [3.8, 4) is 28.3 Å². The molecule has 0 aliphatic carbocycles. The van der Waals surface area contributed by atoms with E-state index in [1.165, 1.54) is 0 Å². The van der Waals surface area contributed by atoms with Gasteiger partial charge in [-0.25, -0.2) is 9.97 Å². The molecule has 1 aromatic heterocycles. The normalized spacial score (nSPS) is 10.5. The molecule has 0 saturated heterocycles. The van der Waals surface area contributed by atoms with E-state index in [2.05, 4.69) is 20.6 Å². The highest BCUT2D eigenvalue weighted by Gasteiger charge is 2.11. The highest BCUT2D eigenvalue weighted by Crippen LogP contribution is 2.26. The average molecular weight is 459 g/mol. The molecule has 0 bridgehead atoms. The van der Waals surface area contributed by atoms with Crippen LogP contribution in [0.15, 0.2) is 78.9 Å². The standard InChI is InChI=1S/C26H23ClN4O2/c1-17-3-5-18(6-4-17)23-15-24(19-7-9-20(27)10-8-19)30-26(29-23)31-25(32)16-28-21-11-13-22(33-2)14-12-21/h3-15,28H,16H2,1-2H3,(H,29,30,31,32). The zero-order chi connectivity index (χ0) is 23.2. The maximum atomic E-state index is 12.6. The molecule has 0 aliphatic heterocycles. The number of methoxy groups -OCH3 is 1. The third-order valence-electron chi connectivity index (χ3n) is 5.01. The molecule has 166 valence electrons. The number of hydrogen-bond donors (Lipinski definition) is 2. The molecule has 0 spiro atoms. The summed E-state index contributed by atoms with van der Waals surface area (Å²) >= 11 is 6.04. The van der Waals surface area contributed by atoms with Crippen LogP contribution in [0.25, 0.3) is 22.5 Å². The van der Waals surface area contributed by atoms with Crippen molar-refractivity contribution in [3.63, 3.8) is 0 Å². The quantitative estimate of drug-likeness (QED) is 0.364. The van der Waals surface area contributed by atoms with E-state index in [1.54, 1.807) is 7.11 Å². The molecule has 3 aromatic carbocycles. The SMILES string of the molecule is COc1ccc(NCC(=O)Nc2nc(-c3ccc(C)cc3)cc(-c3ccc(Cl)cc3)n2)cc1. The van der Waals surface area contributed by atoms with Crippen LogP contribution in [0.3, 0.4) is 0 Å². The van der Waals surface area contributed by atoms with E-state index < -0.39 is 0 Å². The van der Waals surface area contributed by atoms with E-state index in [4.69, 9.17) is 16.3 Å². The molecule has 1 amide bonds. The van der Waals surface area contributed by atoms with Crippen LogP contribution in [-0.4, -0.2) is 29.5 Å². The summed E-state index contributed by atoms with van der Waals surface area (Å²) < 4.78 is 5.15. The molecular weight excluding hydrogens is 436 g/mol. The van der Waals surface area contributed by atoms with Crippen LogP contribution in [-0.2, 0) is 4.79 Å². The monoisotopic (exact) mass is 458 g/mol. The Morgan fingerprint density at radius 3 is 2.03 bits per heavy atom. The van der Waals surface area contributed by atoms with Gasteiger partial charge in [0.15, 0.2) is 0 Å². The molecule has 7 heteroatoms. The number of hydrogen-bond acceptors (Lipinski definition) is 5. The van der Waals surface area contributed by atoms with Crippen molar-refractivity contribution < 1.29 is 9.53 Å². The zero-order valence-corrected chi connectivity index (χ0v) is 19.1. The van der Waals surface area contributed by atoms with Crippen molar-refractivity contribution in [1.82, 2.24) is 9.97 Å². The number of nitrogens with one attached hydrogen (secondary N) is 2. The Kier molecular flexibility index (Phi) is 6.86. The van der Waals surface area contributed by atoms with Crippen molar-refractivity contribution in [2.45, 2.75) is 6.92 Å². The lowest BCUT2D eigenvalue weighted by Crippen LogP contribution is -2.23. The number of ether oxygens (including phenoxy) is 1. The average Bonchev–Trinajstić information content (AvgIpc) is 2.84. The van der Waals surface area contributed by atoms with E-state index in [0.717, 1.165) is 28.1 Å². The Morgan fingerprint density at radius 2 is 1.45 bits per heavy atom. The molecule has 6 nitrogen and oxygen atoms in total. The lowest BCUT2D eigenvalue weighted by atomic mass is 10.1. The highest BCUT2D eigenvalue weighted by molar-refractivity contribution is 6.30. The number of nitrogens with zero attached hydrogens (tertiary/aromatic N) is 2. The molecule has 4 aromatic rings. The molecule has 0 radical (unpaired) electrons. The van der Waals surface area contributed by atoms with Gasteiger partial charge in [0, 0.05) is 21.8 Å². The van der Waals surface area contributed by atoms with Gasteiger partial charge in [0.05, 0.1) is 25.0 Å². The summed E-state index contributed by atoms with van der Waals surface area (Å²) in [5, 5.41) is 6.53. The zero-order valence-electron chi connectivity index (χ0n) is 18.3. The van der Waals surface area contributed by atoms with Crippen LogP contribution in [0.1, 0.15) is 5.56 Å². The Balaban J connectivity index is 1.57. The van der Waals surface area contributed by atoms with Gasteiger partial charge in [-0.15, -0.1) is 0 Å². The first-order valence-electron chi connectivity index (χ1n) is 10.4. The summed E-state index contributed by atoms with van der Waals surface area (Å²) in [4.78, 5) is 21.7. The minimum absolute atomic E-state index is 0.0702. The minimum atomic E-state index is -0.256. The molecule has 33 heavy (non-hydrogen) atoms. The number of benzene rings is 3. The van der Waals surface area contributed by atoms with Gasteiger partial charge in [-0.3, -0.25) is 10.1 Å². The number of aryl methyl sites for hydroxylation is 1. The van der Waals surface area contributed by atoms with Crippen LogP contribution < -0.4 is 15.4 Å². The molecular formula is C26H23ClN4O2. The fraction of sp³-hybridized carbons (Fsp3) is 0.115. The smallest absolute Gasteiger partial charge is 0.246 e. The van der Waals surface area contributed by atoms with Crippen molar-refractivity contribution in [1.29, 1.82) is 0 Å². The van der Waals surface area contributed by atoms with Gasteiger partial charge in [-0.1, -0.05) is 53.6 Å². The van der Waals surface area contributed by atoms with Crippen molar-refractivity contribution in [2.24, 2.45) is 0 Å². The number of carbonyl (C=O) groups is 1. The summed E-state index contributed by atoms with van der Waals surface area (Å²) in [6.45, 7) is 2.10. The molecule has 0 fully saturated rings. The second-order valence-corrected chi connectivity index (χ2v) is 7.90. The van der Waals surface area contributed by atoms with Gasteiger partial charge in [0.1, 0.15) is 5.75 Å². The summed E-state index contributed by atoms with van der Waals surface area (Å²) in [5.74, 6) is 0.731. The van der Waals surface area contributed by atoms with Crippen LogP contribution in [0.2, 0.25) is 5.02 Å². The fourth-order valence-electron chi connectivity index (χ4n) is 3.20. The molecule has 2 N–H and O–H groups in total. The van der Waals surface area contributed by atoms with Crippen LogP contribution >= 0.6 is 11.6 Å². The van der Waals surface area contributed by atoms with Gasteiger partial charge in [0.25, 0.3) is 0 Å². The largest absolute Gasteiger partial charge is 0.497 e. The predicted octanol–water partition coefficient (Wildman–Crippen LogP) is 5.83. The molecule has 0 aliphatic rings. The number of anilines is 2. The maximum absolute atomic E-state index is 12.6. The Labute approximate surface area is 197 Å². The van der Waals surface area contributed by atoms with E-state index in [9.17, 15) is 4.79 Å². The lowest BCUT2D eigenvalue weighted by molar-refractivity contribution is -0.114. The number of rotatable bonds is 7. The van der Waals surface area contributed by atoms with Gasteiger partial charge >= 0.3 is 0 Å². The molecule has 0 atom stereocenters. The van der Waals surface area contributed by atoms with Crippen molar-refractivity contribution in [3.05, 3.63) is 89.4 Å². The Bertz CT molecular complexity index is 1180. The second-order valence-electron chi connectivity index (χ2n) is 7.47. The summed E-state index contributed by atoms with van der Waals surface area (Å²) in [5.41, 5.74) is 5.18. The van der Waals surface area contributed by atoms with E-state index in [-0.39, 0.29) is 18.4 Å².